The zero-order chi connectivity index (χ0) is 20.3. The number of benzene rings is 2. The molecule has 2 aromatic rings. The van der Waals surface area contributed by atoms with Crippen molar-refractivity contribution in [2.24, 2.45) is 0 Å². The normalized spacial score (nSPS) is 14.2. The van der Waals surface area contributed by atoms with Crippen LogP contribution in [0.4, 0.5) is 5.69 Å². The van der Waals surface area contributed by atoms with E-state index < -0.39 is 15.9 Å². The van der Waals surface area contributed by atoms with E-state index in [-0.39, 0.29) is 12.6 Å². The van der Waals surface area contributed by atoms with Crippen molar-refractivity contribution >= 4 is 37.5 Å². The number of halogens is 1. The molecule has 7 nitrogen and oxygen atoms in total. The molecule has 0 fully saturated rings. The van der Waals surface area contributed by atoms with E-state index in [1.54, 1.807) is 30.3 Å². The van der Waals surface area contributed by atoms with Crippen LogP contribution in [0.2, 0.25) is 0 Å². The number of carbonyl (C=O) groups excluding carboxylic acids is 1. The van der Waals surface area contributed by atoms with Gasteiger partial charge in [-0.1, -0.05) is 22.0 Å². The van der Waals surface area contributed by atoms with Crippen LogP contribution in [0.5, 0.6) is 11.5 Å². The quantitative estimate of drug-likeness (QED) is 0.704. The summed E-state index contributed by atoms with van der Waals surface area (Å²) >= 11 is 3.31. The van der Waals surface area contributed by atoms with E-state index in [0.29, 0.717) is 30.4 Å². The molecule has 1 heterocycles. The Morgan fingerprint density at radius 2 is 1.79 bits per heavy atom. The molecule has 1 amide bonds. The third-order valence-electron chi connectivity index (χ3n) is 4.25. The maximum atomic E-state index is 12.5. The lowest BCUT2D eigenvalue weighted by molar-refractivity contribution is -0.120. The number of nitrogens with zero attached hydrogens (tertiary/aromatic N) is 1. The molecule has 0 spiro atoms. The van der Waals surface area contributed by atoms with Gasteiger partial charge in [0.05, 0.1) is 18.0 Å². The summed E-state index contributed by atoms with van der Waals surface area (Å²) in [5.41, 5.74) is 1.26. The van der Waals surface area contributed by atoms with Crippen LogP contribution in [0.15, 0.2) is 46.9 Å². The number of hydrogen-bond donors (Lipinski definition) is 1. The molecule has 1 aliphatic rings. The van der Waals surface area contributed by atoms with Crippen molar-refractivity contribution in [3.8, 4) is 11.5 Å². The summed E-state index contributed by atoms with van der Waals surface area (Å²) < 4.78 is 37.3. The Hall–Kier alpha value is -2.26. The number of anilines is 1. The molecule has 0 saturated carbocycles. The summed E-state index contributed by atoms with van der Waals surface area (Å²) in [5.74, 6) is 0.903. The molecule has 0 aliphatic carbocycles. The minimum atomic E-state index is -3.62. The van der Waals surface area contributed by atoms with Gasteiger partial charge in [-0.2, -0.15) is 0 Å². The summed E-state index contributed by atoms with van der Waals surface area (Å²) in [6.45, 7) is 2.51. The summed E-state index contributed by atoms with van der Waals surface area (Å²) in [7, 11) is -3.62. The highest BCUT2D eigenvalue weighted by Gasteiger charge is 2.22. The standard InChI is InChI=1S/C19H21BrN2O5S/c1-13(14-3-8-17-18(11-14)27-10-9-26-17)21-19(23)12-22(28(2,24)25)16-6-4-15(20)5-7-16/h3-8,11,13H,9-10,12H2,1-2H3,(H,21,23). The SMILES string of the molecule is CC(NC(=O)CN(c1ccc(Br)cc1)S(C)(=O)=O)c1ccc2c(c1)OCCO2. The van der Waals surface area contributed by atoms with Crippen LogP contribution >= 0.6 is 15.9 Å². The van der Waals surface area contributed by atoms with Crippen LogP contribution in [0.3, 0.4) is 0 Å². The minimum absolute atomic E-state index is 0.310. The Morgan fingerprint density at radius 1 is 1.14 bits per heavy atom. The van der Waals surface area contributed by atoms with Crippen molar-refractivity contribution in [1.29, 1.82) is 0 Å². The van der Waals surface area contributed by atoms with Gasteiger partial charge < -0.3 is 14.8 Å². The Kier molecular flexibility index (Phi) is 6.14. The van der Waals surface area contributed by atoms with Gasteiger partial charge >= 0.3 is 0 Å². The third kappa shape index (κ3) is 4.96. The van der Waals surface area contributed by atoms with E-state index in [4.69, 9.17) is 9.47 Å². The van der Waals surface area contributed by atoms with Crippen LogP contribution in [-0.4, -0.2) is 40.3 Å². The van der Waals surface area contributed by atoms with Crippen LogP contribution in [0.1, 0.15) is 18.5 Å². The number of nitrogens with one attached hydrogen (secondary N) is 1. The highest BCUT2D eigenvalue weighted by atomic mass is 79.9. The number of amides is 1. The van der Waals surface area contributed by atoms with Crippen molar-refractivity contribution in [1.82, 2.24) is 5.32 Å². The largest absolute Gasteiger partial charge is 0.486 e. The molecule has 9 heteroatoms. The number of fused-ring (bicyclic) bond motifs is 1. The van der Waals surface area contributed by atoms with Gasteiger partial charge in [0.25, 0.3) is 0 Å². The Balaban J connectivity index is 1.71. The predicted octanol–water partition coefficient (Wildman–Crippen LogP) is 2.86. The van der Waals surface area contributed by atoms with Crippen molar-refractivity contribution < 1.29 is 22.7 Å². The second-order valence-corrected chi connectivity index (χ2v) is 9.26. The third-order valence-corrected chi connectivity index (χ3v) is 5.92. The van der Waals surface area contributed by atoms with E-state index >= 15 is 0 Å². The number of ether oxygens (including phenoxy) is 2. The first kappa shape index (κ1) is 20.5. The van der Waals surface area contributed by atoms with E-state index in [0.717, 1.165) is 20.6 Å². The Labute approximate surface area is 172 Å². The molecule has 3 rings (SSSR count). The number of hydrogen-bond acceptors (Lipinski definition) is 5. The zero-order valence-corrected chi connectivity index (χ0v) is 17.9. The van der Waals surface area contributed by atoms with Gasteiger partial charge in [0.1, 0.15) is 19.8 Å². The van der Waals surface area contributed by atoms with E-state index in [1.165, 1.54) is 0 Å². The summed E-state index contributed by atoms with van der Waals surface area (Å²) in [6, 6.07) is 11.9. The maximum absolute atomic E-state index is 12.5. The molecule has 0 aromatic heterocycles. The van der Waals surface area contributed by atoms with Gasteiger partial charge in [-0.05, 0) is 48.9 Å². The fourth-order valence-electron chi connectivity index (χ4n) is 2.84. The fourth-order valence-corrected chi connectivity index (χ4v) is 3.96. The smallest absolute Gasteiger partial charge is 0.241 e. The predicted molar refractivity (Wildman–Crippen MR) is 110 cm³/mol. The lowest BCUT2D eigenvalue weighted by Gasteiger charge is -2.24. The highest BCUT2D eigenvalue weighted by molar-refractivity contribution is 9.10. The van der Waals surface area contributed by atoms with Crippen LogP contribution in [0.25, 0.3) is 0 Å². The van der Waals surface area contributed by atoms with Crippen molar-refractivity contribution in [2.75, 3.05) is 30.3 Å². The minimum Gasteiger partial charge on any atom is -0.486 e. The molecule has 1 N–H and O–H groups in total. The lowest BCUT2D eigenvalue weighted by atomic mass is 10.1. The molecular weight excluding hydrogens is 448 g/mol. The van der Waals surface area contributed by atoms with Crippen molar-refractivity contribution in [2.45, 2.75) is 13.0 Å². The molecule has 1 aliphatic heterocycles. The van der Waals surface area contributed by atoms with E-state index in [1.807, 2.05) is 19.1 Å². The van der Waals surface area contributed by atoms with Gasteiger partial charge in [-0.15, -0.1) is 0 Å². The molecule has 1 atom stereocenters. The van der Waals surface area contributed by atoms with Gasteiger partial charge in [0.15, 0.2) is 11.5 Å². The van der Waals surface area contributed by atoms with Gasteiger partial charge in [-0.3, -0.25) is 9.10 Å². The molecule has 150 valence electrons. The number of sulfonamides is 1. The van der Waals surface area contributed by atoms with Crippen LogP contribution in [-0.2, 0) is 14.8 Å². The van der Waals surface area contributed by atoms with E-state index in [2.05, 4.69) is 21.2 Å². The van der Waals surface area contributed by atoms with Crippen molar-refractivity contribution in [3.05, 3.63) is 52.5 Å². The van der Waals surface area contributed by atoms with Crippen molar-refractivity contribution in [3.63, 3.8) is 0 Å². The fraction of sp³-hybridized carbons (Fsp3) is 0.316. The summed E-state index contributed by atoms with van der Waals surface area (Å²) in [6.07, 6.45) is 1.08. The first-order valence-electron chi connectivity index (χ1n) is 8.66. The van der Waals surface area contributed by atoms with E-state index in [9.17, 15) is 13.2 Å². The maximum Gasteiger partial charge on any atom is 0.241 e. The molecule has 2 aromatic carbocycles. The number of rotatable bonds is 6. The van der Waals surface area contributed by atoms with Crippen LogP contribution < -0.4 is 19.1 Å². The molecular formula is C19H21BrN2O5S. The second-order valence-electron chi connectivity index (χ2n) is 6.44. The van der Waals surface area contributed by atoms with Gasteiger partial charge in [-0.25, -0.2) is 8.42 Å². The highest BCUT2D eigenvalue weighted by Crippen LogP contribution is 2.32. The molecule has 28 heavy (non-hydrogen) atoms. The topological polar surface area (TPSA) is 84.9 Å². The summed E-state index contributed by atoms with van der Waals surface area (Å²) in [4.78, 5) is 12.5. The monoisotopic (exact) mass is 468 g/mol. The Bertz CT molecular complexity index is 963. The first-order chi connectivity index (χ1) is 13.2. The number of carbonyl (C=O) groups is 1. The Morgan fingerprint density at radius 3 is 2.43 bits per heavy atom. The van der Waals surface area contributed by atoms with Crippen LogP contribution in [0, 0.1) is 0 Å². The average Bonchev–Trinajstić information content (AvgIpc) is 2.65. The molecule has 0 radical (unpaired) electrons. The average molecular weight is 469 g/mol. The lowest BCUT2D eigenvalue weighted by Crippen LogP contribution is -2.41. The molecule has 0 bridgehead atoms. The van der Waals surface area contributed by atoms with Gasteiger partial charge in [0, 0.05) is 4.47 Å². The summed E-state index contributed by atoms with van der Waals surface area (Å²) in [5, 5.41) is 2.84. The molecule has 1 unspecified atom stereocenters. The first-order valence-corrected chi connectivity index (χ1v) is 11.3. The molecule has 0 saturated heterocycles. The van der Waals surface area contributed by atoms with Gasteiger partial charge in [0.2, 0.25) is 15.9 Å². The zero-order valence-electron chi connectivity index (χ0n) is 15.5. The second kappa shape index (κ2) is 8.40.